The average Bonchev–Trinajstić information content (AvgIpc) is 2.79. The molecule has 1 saturated heterocycles. The average molecular weight is 248 g/mol. The Morgan fingerprint density at radius 3 is 2.67 bits per heavy atom. The van der Waals surface area contributed by atoms with Gasteiger partial charge in [0.2, 0.25) is 5.91 Å². The zero-order valence-electron chi connectivity index (χ0n) is 10.9. The van der Waals surface area contributed by atoms with Gasteiger partial charge in [0, 0.05) is 12.2 Å². The molecule has 98 valence electrons. The number of carbonyl (C=O) groups is 1. The maximum atomic E-state index is 12.0. The normalized spacial score (nSPS) is 23.0. The van der Waals surface area contributed by atoms with Crippen molar-refractivity contribution in [2.24, 2.45) is 5.92 Å². The molecule has 2 atom stereocenters. The van der Waals surface area contributed by atoms with Gasteiger partial charge in [-0.05, 0) is 38.1 Å². The third-order valence-corrected chi connectivity index (χ3v) is 3.17. The number of ether oxygens (including phenoxy) is 1. The minimum absolute atomic E-state index is 0.0167. The number of hydrogen-bond donors (Lipinski definition) is 2. The van der Waals surface area contributed by atoms with Crippen LogP contribution < -0.4 is 10.6 Å². The summed E-state index contributed by atoms with van der Waals surface area (Å²) in [7, 11) is 1.91. The molecule has 0 radical (unpaired) electrons. The van der Waals surface area contributed by atoms with E-state index in [-0.39, 0.29) is 17.9 Å². The minimum atomic E-state index is -0.0167. The summed E-state index contributed by atoms with van der Waals surface area (Å²) in [6, 6.07) is 7.90. The van der Waals surface area contributed by atoms with E-state index in [4.69, 9.17) is 4.74 Å². The van der Waals surface area contributed by atoms with Crippen molar-refractivity contribution in [3.8, 4) is 0 Å². The van der Waals surface area contributed by atoms with Gasteiger partial charge in [0.05, 0.1) is 18.6 Å². The van der Waals surface area contributed by atoms with Gasteiger partial charge in [-0.2, -0.15) is 0 Å². The maximum Gasteiger partial charge on any atom is 0.229 e. The number of anilines is 1. The monoisotopic (exact) mass is 248 g/mol. The van der Waals surface area contributed by atoms with Crippen LogP contribution in [0.2, 0.25) is 0 Å². The van der Waals surface area contributed by atoms with Crippen molar-refractivity contribution in [2.75, 3.05) is 19.0 Å². The lowest BCUT2D eigenvalue weighted by Gasteiger charge is -2.10. The molecule has 0 spiro atoms. The first kappa shape index (κ1) is 13.1. The van der Waals surface area contributed by atoms with Gasteiger partial charge in [-0.1, -0.05) is 12.1 Å². The van der Waals surface area contributed by atoms with E-state index in [0.717, 1.165) is 18.7 Å². The van der Waals surface area contributed by atoms with E-state index in [1.165, 1.54) is 5.56 Å². The Hall–Kier alpha value is -1.39. The summed E-state index contributed by atoms with van der Waals surface area (Å²) in [5, 5.41) is 6.02. The second kappa shape index (κ2) is 5.98. The van der Waals surface area contributed by atoms with Gasteiger partial charge in [0.1, 0.15) is 0 Å². The molecule has 0 bridgehead atoms. The Kier molecular flexibility index (Phi) is 4.33. The SMILES string of the molecule is CNCc1ccc(NC(=O)C2COC(C)C2)cc1. The lowest BCUT2D eigenvalue weighted by molar-refractivity contribution is -0.119. The largest absolute Gasteiger partial charge is 0.378 e. The van der Waals surface area contributed by atoms with Crippen LogP contribution in [0.4, 0.5) is 5.69 Å². The van der Waals surface area contributed by atoms with E-state index in [1.54, 1.807) is 0 Å². The highest BCUT2D eigenvalue weighted by Crippen LogP contribution is 2.21. The van der Waals surface area contributed by atoms with E-state index in [2.05, 4.69) is 10.6 Å². The predicted molar refractivity (Wildman–Crippen MR) is 71.4 cm³/mol. The van der Waals surface area contributed by atoms with Crippen molar-refractivity contribution < 1.29 is 9.53 Å². The molecule has 2 N–H and O–H groups in total. The first-order chi connectivity index (χ1) is 8.69. The van der Waals surface area contributed by atoms with Crippen molar-refractivity contribution in [1.82, 2.24) is 5.32 Å². The second-order valence-corrected chi connectivity index (χ2v) is 4.79. The highest BCUT2D eigenvalue weighted by atomic mass is 16.5. The number of nitrogens with one attached hydrogen (secondary N) is 2. The standard InChI is InChI=1S/C14H20N2O2/c1-10-7-12(9-18-10)14(17)16-13-5-3-11(4-6-13)8-15-2/h3-6,10,12,15H,7-9H2,1-2H3,(H,16,17). The summed E-state index contributed by atoms with van der Waals surface area (Å²) >= 11 is 0. The third-order valence-electron chi connectivity index (χ3n) is 3.17. The van der Waals surface area contributed by atoms with Gasteiger partial charge in [-0.25, -0.2) is 0 Å². The van der Waals surface area contributed by atoms with Crippen LogP contribution in [0.1, 0.15) is 18.9 Å². The molecular formula is C14H20N2O2. The number of rotatable bonds is 4. The van der Waals surface area contributed by atoms with Crippen LogP contribution in [0.3, 0.4) is 0 Å². The molecule has 1 aliphatic rings. The molecule has 4 heteroatoms. The van der Waals surface area contributed by atoms with Crippen LogP contribution >= 0.6 is 0 Å². The summed E-state index contributed by atoms with van der Waals surface area (Å²) in [6.07, 6.45) is 1.00. The van der Waals surface area contributed by atoms with Gasteiger partial charge >= 0.3 is 0 Å². The fourth-order valence-electron chi connectivity index (χ4n) is 2.15. The third kappa shape index (κ3) is 3.31. The van der Waals surface area contributed by atoms with E-state index >= 15 is 0 Å². The molecule has 18 heavy (non-hydrogen) atoms. The number of benzene rings is 1. The quantitative estimate of drug-likeness (QED) is 0.853. The number of hydrogen-bond acceptors (Lipinski definition) is 3. The molecule has 1 aromatic carbocycles. The first-order valence-corrected chi connectivity index (χ1v) is 6.35. The molecule has 0 aromatic heterocycles. The highest BCUT2D eigenvalue weighted by molar-refractivity contribution is 5.92. The van der Waals surface area contributed by atoms with Crippen LogP contribution in [0.15, 0.2) is 24.3 Å². The molecule has 2 rings (SSSR count). The minimum Gasteiger partial charge on any atom is -0.378 e. The van der Waals surface area contributed by atoms with Crippen molar-refractivity contribution >= 4 is 11.6 Å². The Labute approximate surface area is 108 Å². The van der Waals surface area contributed by atoms with E-state index < -0.39 is 0 Å². The van der Waals surface area contributed by atoms with Crippen molar-refractivity contribution in [1.29, 1.82) is 0 Å². The molecule has 0 aliphatic carbocycles. The summed E-state index contributed by atoms with van der Waals surface area (Å²) in [6.45, 7) is 3.37. The Bertz CT molecular complexity index is 403. The number of carbonyl (C=O) groups excluding carboxylic acids is 1. The Balaban J connectivity index is 1.90. The van der Waals surface area contributed by atoms with E-state index in [9.17, 15) is 4.79 Å². The zero-order chi connectivity index (χ0) is 13.0. The molecule has 1 heterocycles. The van der Waals surface area contributed by atoms with Crippen LogP contribution in [-0.4, -0.2) is 25.7 Å². The molecule has 0 saturated carbocycles. The smallest absolute Gasteiger partial charge is 0.229 e. The fraction of sp³-hybridized carbons (Fsp3) is 0.500. The van der Waals surface area contributed by atoms with Crippen LogP contribution in [0.25, 0.3) is 0 Å². The van der Waals surface area contributed by atoms with Gasteiger partial charge < -0.3 is 15.4 Å². The highest BCUT2D eigenvalue weighted by Gasteiger charge is 2.28. The van der Waals surface area contributed by atoms with Crippen LogP contribution in [0, 0.1) is 5.92 Å². The molecule has 1 aromatic rings. The van der Waals surface area contributed by atoms with Gasteiger partial charge in [0.25, 0.3) is 0 Å². The predicted octanol–water partition coefficient (Wildman–Crippen LogP) is 1.77. The van der Waals surface area contributed by atoms with Gasteiger partial charge in [-0.3, -0.25) is 4.79 Å². The first-order valence-electron chi connectivity index (χ1n) is 6.35. The lowest BCUT2D eigenvalue weighted by atomic mass is 10.1. The molecule has 2 unspecified atom stereocenters. The summed E-state index contributed by atoms with van der Waals surface area (Å²) in [4.78, 5) is 12.0. The number of amides is 1. The molecule has 1 amide bonds. The Morgan fingerprint density at radius 1 is 1.39 bits per heavy atom. The summed E-state index contributed by atoms with van der Waals surface area (Å²) in [5.41, 5.74) is 2.05. The van der Waals surface area contributed by atoms with E-state index in [1.807, 2.05) is 38.2 Å². The molecule has 1 aliphatic heterocycles. The zero-order valence-corrected chi connectivity index (χ0v) is 10.9. The van der Waals surface area contributed by atoms with Crippen LogP contribution in [-0.2, 0) is 16.1 Å². The van der Waals surface area contributed by atoms with Crippen molar-refractivity contribution in [2.45, 2.75) is 26.0 Å². The summed E-state index contributed by atoms with van der Waals surface area (Å²) in [5.74, 6) is 0.0395. The van der Waals surface area contributed by atoms with E-state index in [0.29, 0.717) is 6.61 Å². The van der Waals surface area contributed by atoms with Crippen molar-refractivity contribution in [3.63, 3.8) is 0 Å². The van der Waals surface area contributed by atoms with Crippen LogP contribution in [0.5, 0.6) is 0 Å². The molecular weight excluding hydrogens is 228 g/mol. The van der Waals surface area contributed by atoms with Gasteiger partial charge in [0.15, 0.2) is 0 Å². The Morgan fingerprint density at radius 2 is 2.11 bits per heavy atom. The second-order valence-electron chi connectivity index (χ2n) is 4.79. The topological polar surface area (TPSA) is 50.4 Å². The maximum absolute atomic E-state index is 12.0. The molecule has 4 nitrogen and oxygen atoms in total. The van der Waals surface area contributed by atoms with Gasteiger partial charge in [-0.15, -0.1) is 0 Å². The molecule has 1 fully saturated rings. The van der Waals surface area contributed by atoms with Crippen molar-refractivity contribution in [3.05, 3.63) is 29.8 Å². The lowest BCUT2D eigenvalue weighted by Crippen LogP contribution is -2.23. The fourth-order valence-corrected chi connectivity index (χ4v) is 2.15. The summed E-state index contributed by atoms with van der Waals surface area (Å²) < 4.78 is 5.41.